The van der Waals surface area contributed by atoms with Gasteiger partial charge in [-0.3, -0.25) is 0 Å². The SMILES string of the molecule is [C-]#[O+].[C-]#[O+].[C-]#[O+].[C-]#[O+].[C-]#[O+].[W]=[P]N1CCCCC1. The van der Waals surface area contributed by atoms with Crippen molar-refractivity contribution in [3.8, 4) is 0 Å². The molecule has 0 N–H and O–H groups in total. The molecular formula is C10H10NO5PW. The van der Waals surface area contributed by atoms with Gasteiger partial charge in [0.1, 0.15) is 0 Å². The van der Waals surface area contributed by atoms with Crippen LogP contribution in [0.3, 0.4) is 0 Å². The van der Waals surface area contributed by atoms with Gasteiger partial charge in [-0.25, -0.2) is 0 Å². The van der Waals surface area contributed by atoms with E-state index in [9.17, 15) is 0 Å². The fraction of sp³-hybridized carbons (Fsp3) is 0.500. The topological polar surface area (TPSA) is 103 Å². The first-order chi connectivity index (χ1) is 8.93. The van der Waals surface area contributed by atoms with Crippen LogP contribution in [0.25, 0.3) is 0 Å². The maximum atomic E-state index is 7.50. The molecule has 0 aliphatic carbocycles. The molecule has 96 valence electrons. The van der Waals surface area contributed by atoms with Crippen molar-refractivity contribution in [2.75, 3.05) is 13.1 Å². The molecule has 0 spiro atoms. The van der Waals surface area contributed by atoms with E-state index in [0.717, 1.165) is 0 Å². The van der Waals surface area contributed by atoms with Crippen molar-refractivity contribution < 1.29 is 42.1 Å². The van der Waals surface area contributed by atoms with Crippen molar-refractivity contribution in [1.82, 2.24) is 4.67 Å². The van der Waals surface area contributed by atoms with E-state index in [1.807, 2.05) is 0 Å². The van der Waals surface area contributed by atoms with Crippen LogP contribution in [0.15, 0.2) is 0 Å². The van der Waals surface area contributed by atoms with Crippen molar-refractivity contribution in [1.29, 1.82) is 0 Å². The van der Waals surface area contributed by atoms with Crippen molar-refractivity contribution in [3.63, 3.8) is 0 Å². The molecule has 1 rings (SSSR count). The van der Waals surface area contributed by atoms with Crippen LogP contribution in [0.1, 0.15) is 19.3 Å². The molecule has 1 aliphatic rings. The summed E-state index contributed by atoms with van der Waals surface area (Å²) in [5, 5.41) is 0. The quantitative estimate of drug-likeness (QED) is 0.346. The molecule has 1 heterocycles. The van der Waals surface area contributed by atoms with E-state index >= 15 is 0 Å². The van der Waals surface area contributed by atoms with Gasteiger partial charge in [0, 0.05) is 0 Å². The van der Waals surface area contributed by atoms with E-state index in [4.69, 9.17) is 23.3 Å². The molecule has 8 heteroatoms. The Labute approximate surface area is 119 Å². The van der Waals surface area contributed by atoms with Gasteiger partial charge in [0.2, 0.25) is 0 Å². The van der Waals surface area contributed by atoms with Crippen LogP contribution in [0.2, 0.25) is 0 Å². The van der Waals surface area contributed by atoms with E-state index in [-0.39, 0.29) is 0 Å². The number of piperidine rings is 1. The van der Waals surface area contributed by atoms with Gasteiger partial charge in [-0.15, -0.1) is 0 Å². The predicted molar refractivity (Wildman–Crippen MR) is 52.0 cm³/mol. The third kappa shape index (κ3) is 36.1. The molecule has 0 saturated carbocycles. The van der Waals surface area contributed by atoms with Crippen molar-refractivity contribution in [2.24, 2.45) is 0 Å². The molecule has 0 bridgehead atoms. The van der Waals surface area contributed by atoms with Crippen LogP contribution in [-0.4, -0.2) is 17.8 Å². The fourth-order valence-electron chi connectivity index (χ4n) is 0.959. The van der Waals surface area contributed by atoms with Crippen LogP contribution in [0.4, 0.5) is 0 Å². The second-order valence-electron chi connectivity index (χ2n) is 2.10. The van der Waals surface area contributed by atoms with Crippen LogP contribution >= 0.6 is 6.37 Å². The molecule has 1 fully saturated rings. The number of nitrogens with zero attached hydrogens (tertiary/aromatic N) is 1. The third-order valence-corrected chi connectivity index (χ3v) is 4.57. The minimum atomic E-state index is 1.35. The normalized spacial score (nSPS) is 11.2. The molecule has 6 nitrogen and oxygen atoms in total. The molecule has 0 radical (unpaired) electrons. The first-order valence-corrected chi connectivity index (χ1v) is 8.74. The van der Waals surface area contributed by atoms with Crippen molar-refractivity contribution >= 4 is 6.37 Å². The Morgan fingerprint density at radius 3 is 1.11 bits per heavy atom. The summed E-state index contributed by atoms with van der Waals surface area (Å²) < 4.78 is 40.0. The van der Waals surface area contributed by atoms with Crippen molar-refractivity contribution in [3.05, 3.63) is 33.3 Å². The number of hydrogen-bond acceptors (Lipinski definition) is 1. The molecule has 0 unspecified atom stereocenters. The third-order valence-electron chi connectivity index (χ3n) is 1.45. The van der Waals surface area contributed by atoms with Gasteiger partial charge in [-0.2, -0.15) is 0 Å². The molecule has 1 saturated heterocycles. The zero-order valence-corrected chi connectivity index (χ0v) is 13.2. The number of rotatable bonds is 1. The Hall–Kier alpha value is -0.352. The molecule has 0 aromatic heterocycles. The molecule has 1 aliphatic heterocycles. The first-order valence-electron chi connectivity index (χ1n) is 4.04. The Morgan fingerprint density at radius 2 is 0.944 bits per heavy atom. The van der Waals surface area contributed by atoms with E-state index in [1.54, 1.807) is 25.2 Å². The van der Waals surface area contributed by atoms with Crippen LogP contribution in [0.5, 0.6) is 0 Å². The van der Waals surface area contributed by atoms with E-state index in [0.29, 0.717) is 0 Å². The van der Waals surface area contributed by atoms with Gasteiger partial charge in [0.25, 0.3) is 0 Å². The summed E-state index contributed by atoms with van der Waals surface area (Å²) in [6, 6.07) is 0. The molecule has 0 aromatic rings. The van der Waals surface area contributed by atoms with E-state index in [1.165, 1.54) is 32.4 Å². The monoisotopic (exact) mass is 439 g/mol. The Balaban J connectivity index is -0.0000000482. The second-order valence-corrected chi connectivity index (χ2v) is 4.59. The van der Waals surface area contributed by atoms with Crippen LogP contribution < -0.4 is 0 Å². The summed E-state index contributed by atoms with van der Waals surface area (Å²) in [6.07, 6.45) is 5.86. The molecule has 18 heavy (non-hydrogen) atoms. The van der Waals surface area contributed by atoms with E-state index < -0.39 is 0 Å². The average molecular weight is 439 g/mol. The Bertz CT molecular complexity index is 208. The summed E-state index contributed by atoms with van der Waals surface area (Å²) in [4.78, 5) is 0. The minimum absolute atomic E-state index is 1.35. The maximum absolute atomic E-state index is 7.50. The van der Waals surface area contributed by atoms with Gasteiger partial charge in [0.05, 0.1) is 0 Å². The zero-order valence-electron chi connectivity index (χ0n) is 9.38. The summed E-state index contributed by atoms with van der Waals surface area (Å²) in [5.41, 5.74) is 0. The van der Waals surface area contributed by atoms with Gasteiger partial charge in [-0.05, 0) is 0 Å². The predicted octanol–water partition coefficient (Wildman–Crippen LogP) is 1.61. The number of hydrogen-bond donors (Lipinski definition) is 0. The van der Waals surface area contributed by atoms with Gasteiger partial charge in [0.15, 0.2) is 0 Å². The van der Waals surface area contributed by atoms with Crippen molar-refractivity contribution in [2.45, 2.75) is 19.3 Å². The first kappa shape index (κ1) is 30.6. The molecule has 0 amide bonds. The summed E-state index contributed by atoms with van der Waals surface area (Å²) in [7, 11) is 0. The molecule has 0 atom stereocenters. The van der Waals surface area contributed by atoms with Gasteiger partial charge >= 0.3 is 119 Å². The van der Waals surface area contributed by atoms with Gasteiger partial charge < -0.3 is 0 Å². The summed E-state index contributed by atoms with van der Waals surface area (Å²) in [5.74, 6) is 0. The Kier molecular flexibility index (Phi) is 92.6. The summed E-state index contributed by atoms with van der Waals surface area (Å²) in [6.45, 7) is 25.2. The van der Waals surface area contributed by atoms with Crippen LogP contribution in [0, 0.1) is 33.3 Å². The fourth-order valence-corrected chi connectivity index (χ4v) is 3.17. The van der Waals surface area contributed by atoms with Crippen LogP contribution in [-0.2, 0) is 42.1 Å². The average Bonchev–Trinajstić information content (AvgIpc) is 2.57. The zero-order chi connectivity index (χ0) is 15.8. The van der Waals surface area contributed by atoms with Gasteiger partial charge in [-0.1, -0.05) is 0 Å². The molecule has 0 aromatic carbocycles. The molecular weight excluding hydrogens is 429 g/mol. The summed E-state index contributed by atoms with van der Waals surface area (Å²) >= 11 is 1.68. The Morgan fingerprint density at radius 1 is 0.667 bits per heavy atom. The van der Waals surface area contributed by atoms with E-state index in [2.05, 4.69) is 37.9 Å². The standard InChI is InChI=1S/C5H10NP.5CO.W/c7-6-4-2-1-3-5-6;5*1-2;/h1-5H2;;;;;;. The second kappa shape index (κ2) is 54.5.